The van der Waals surface area contributed by atoms with Crippen LogP contribution in [0.5, 0.6) is 0 Å². The lowest BCUT2D eigenvalue weighted by molar-refractivity contribution is -0.402. The average Bonchev–Trinajstić information content (AvgIpc) is 2.78. The van der Waals surface area contributed by atoms with Crippen molar-refractivity contribution in [2.75, 3.05) is 27.2 Å². The maximum absolute atomic E-state index is 10.5. The molecule has 18 heavy (non-hydrogen) atoms. The van der Waals surface area contributed by atoms with Crippen LogP contribution in [0.3, 0.4) is 0 Å². The molecule has 1 aliphatic heterocycles. The molecule has 6 heteroatoms. The molecule has 0 unspecified atom stereocenters. The van der Waals surface area contributed by atoms with E-state index < -0.39 is 4.92 Å². The van der Waals surface area contributed by atoms with Crippen molar-refractivity contribution in [1.82, 2.24) is 9.80 Å². The minimum atomic E-state index is -0.501. The summed E-state index contributed by atoms with van der Waals surface area (Å²) in [5.74, 6) is 0.477. The Morgan fingerprint density at radius 2 is 2.17 bits per heavy atom. The monoisotopic (exact) mass is 253 g/mol. The van der Waals surface area contributed by atoms with Crippen LogP contribution in [-0.2, 0) is 6.54 Å². The molecule has 0 saturated carbocycles. The van der Waals surface area contributed by atoms with Gasteiger partial charge in [-0.1, -0.05) is 0 Å². The Labute approximate surface area is 106 Å². The molecule has 2 rings (SSSR count). The summed E-state index contributed by atoms with van der Waals surface area (Å²) in [6.07, 6.45) is 2.27. The Hall–Kier alpha value is -1.40. The largest absolute Gasteiger partial charge is 0.433 e. The van der Waals surface area contributed by atoms with Crippen LogP contribution < -0.4 is 0 Å². The molecular weight excluding hydrogens is 234 g/mol. The van der Waals surface area contributed by atoms with Crippen LogP contribution in [-0.4, -0.2) is 47.9 Å². The lowest BCUT2D eigenvalue weighted by Gasteiger charge is -2.34. The van der Waals surface area contributed by atoms with Crippen molar-refractivity contribution in [3.05, 3.63) is 28.0 Å². The van der Waals surface area contributed by atoms with Crippen LogP contribution in [0.15, 0.2) is 16.5 Å². The molecule has 0 N–H and O–H groups in total. The van der Waals surface area contributed by atoms with E-state index in [4.69, 9.17) is 4.42 Å². The smallest absolute Gasteiger partial charge is 0.404 e. The average molecular weight is 253 g/mol. The van der Waals surface area contributed by atoms with E-state index in [0.717, 1.165) is 25.9 Å². The molecular formula is C12H19N3O3. The molecule has 0 spiro atoms. The normalized spacial score (nSPS) is 18.4. The number of rotatable bonds is 4. The Bertz CT molecular complexity index is 410. The molecule has 0 atom stereocenters. The third-order valence-electron chi connectivity index (χ3n) is 3.54. The zero-order valence-corrected chi connectivity index (χ0v) is 10.8. The Morgan fingerprint density at radius 1 is 1.50 bits per heavy atom. The zero-order chi connectivity index (χ0) is 13.1. The molecule has 0 radical (unpaired) electrons. The summed E-state index contributed by atoms with van der Waals surface area (Å²) in [7, 11) is 4.18. The summed E-state index contributed by atoms with van der Waals surface area (Å²) in [6, 6.07) is 3.63. The van der Waals surface area contributed by atoms with Gasteiger partial charge in [0.25, 0.3) is 0 Å². The maximum atomic E-state index is 10.5. The van der Waals surface area contributed by atoms with E-state index in [0.29, 0.717) is 18.3 Å². The second kappa shape index (κ2) is 5.49. The number of furan rings is 1. The standard InChI is InChI=1S/C12H19N3O3/c1-13-7-5-10(6-8-13)14(2)9-11-3-4-12(18-11)15(16)17/h3-4,10H,5-9H2,1-2H3. The summed E-state index contributed by atoms with van der Waals surface area (Å²) in [4.78, 5) is 14.6. The predicted molar refractivity (Wildman–Crippen MR) is 67.3 cm³/mol. The van der Waals surface area contributed by atoms with Gasteiger partial charge in [0.05, 0.1) is 12.6 Å². The SMILES string of the molecule is CN1CCC(N(C)Cc2ccc([N+](=O)[O-])o2)CC1. The number of hydrogen-bond donors (Lipinski definition) is 0. The molecule has 1 aliphatic rings. The van der Waals surface area contributed by atoms with Gasteiger partial charge in [-0.15, -0.1) is 0 Å². The van der Waals surface area contributed by atoms with Crippen molar-refractivity contribution < 1.29 is 9.34 Å². The molecule has 1 saturated heterocycles. The van der Waals surface area contributed by atoms with Crippen LogP contribution in [0, 0.1) is 10.1 Å². The van der Waals surface area contributed by atoms with E-state index in [-0.39, 0.29) is 5.88 Å². The first-order valence-electron chi connectivity index (χ1n) is 6.18. The molecule has 0 bridgehead atoms. The molecule has 2 heterocycles. The molecule has 0 aromatic carbocycles. The highest BCUT2D eigenvalue weighted by atomic mass is 16.6. The van der Waals surface area contributed by atoms with Crippen molar-refractivity contribution in [2.45, 2.75) is 25.4 Å². The zero-order valence-electron chi connectivity index (χ0n) is 10.8. The molecule has 6 nitrogen and oxygen atoms in total. The fraction of sp³-hybridized carbons (Fsp3) is 0.667. The lowest BCUT2D eigenvalue weighted by atomic mass is 10.0. The highest BCUT2D eigenvalue weighted by molar-refractivity contribution is 5.17. The van der Waals surface area contributed by atoms with E-state index in [2.05, 4.69) is 16.8 Å². The van der Waals surface area contributed by atoms with Crippen molar-refractivity contribution in [2.24, 2.45) is 0 Å². The topological polar surface area (TPSA) is 62.8 Å². The lowest BCUT2D eigenvalue weighted by Crippen LogP contribution is -2.41. The third-order valence-corrected chi connectivity index (χ3v) is 3.54. The first kappa shape index (κ1) is 13.0. The first-order chi connectivity index (χ1) is 8.56. The van der Waals surface area contributed by atoms with Gasteiger partial charge in [-0.05, 0) is 46.1 Å². The Balaban J connectivity index is 1.90. The van der Waals surface area contributed by atoms with Crippen molar-refractivity contribution in [3.8, 4) is 0 Å². The fourth-order valence-electron chi connectivity index (χ4n) is 2.36. The maximum Gasteiger partial charge on any atom is 0.433 e. The number of likely N-dealkylation sites (tertiary alicyclic amines) is 1. The second-order valence-electron chi connectivity index (χ2n) is 4.95. The van der Waals surface area contributed by atoms with Crippen LogP contribution in [0.4, 0.5) is 5.88 Å². The molecule has 1 aromatic rings. The van der Waals surface area contributed by atoms with Crippen LogP contribution >= 0.6 is 0 Å². The van der Waals surface area contributed by atoms with Gasteiger partial charge in [0.15, 0.2) is 0 Å². The van der Waals surface area contributed by atoms with Gasteiger partial charge in [0, 0.05) is 6.04 Å². The van der Waals surface area contributed by atoms with Gasteiger partial charge in [-0.3, -0.25) is 15.0 Å². The van der Waals surface area contributed by atoms with Crippen LogP contribution in [0.1, 0.15) is 18.6 Å². The van der Waals surface area contributed by atoms with E-state index in [1.54, 1.807) is 6.07 Å². The highest BCUT2D eigenvalue weighted by Gasteiger charge is 2.22. The van der Waals surface area contributed by atoms with Gasteiger partial charge in [0.1, 0.15) is 10.7 Å². The summed E-state index contributed by atoms with van der Waals surface area (Å²) in [5.41, 5.74) is 0. The molecule has 100 valence electrons. The van der Waals surface area contributed by atoms with E-state index >= 15 is 0 Å². The van der Waals surface area contributed by atoms with Crippen LogP contribution in [0.25, 0.3) is 0 Å². The highest BCUT2D eigenvalue weighted by Crippen LogP contribution is 2.20. The predicted octanol–water partition coefficient (Wildman–Crippen LogP) is 1.71. The molecule has 1 fully saturated rings. The summed E-state index contributed by atoms with van der Waals surface area (Å²) in [5, 5.41) is 10.5. The molecule has 0 aliphatic carbocycles. The van der Waals surface area contributed by atoms with Gasteiger partial charge < -0.3 is 9.32 Å². The van der Waals surface area contributed by atoms with Gasteiger partial charge in [-0.2, -0.15) is 0 Å². The minimum Gasteiger partial charge on any atom is -0.404 e. The van der Waals surface area contributed by atoms with Gasteiger partial charge >= 0.3 is 5.88 Å². The Morgan fingerprint density at radius 3 is 2.72 bits per heavy atom. The molecule has 1 aromatic heterocycles. The first-order valence-corrected chi connectivity index (χ1v) is 6.18. The minimum absolute atomic E-state index is 0.179. The van der Waals surface area contributed by atoms with E-state index in [1.165, 1.54) is 6.07 Å². The number of piperidine rings is 1. The quantitative estimate of drug-likeness (QED) is 0.604. The van der Waals surface area contributed by atoms with E-state index in [9.17, 15) is 10.1 Å². The number of nitrogens with zero attached hydrogens (tertiary/aromatic N) is 3. The fourth-order valence-corrected chi connectivity index (χ4v) is 2.36. The third kappa shape index (κ3) is 3.08. The molecule has 0 amide bonds. The van der Waals surface area contributed by atoms with E-state index in [1.807, 2.05) is 7.05 Å². The summed E-state index contributed by atoms with van der Waals surface area (Å²) < 4.78 is 5.18. The van der Waals surface area contributed by atoms with Crippen molar-refractivity contribution in [3.63, 3.8) is 0 Å². The number of hydrogen-bond acceptors (Lipinski definition) is 5. The second-order valence-corrected chi connectivity index (χ2v) is 4.95. The summed E-state index contributed by atoms with van der Waals surface area (Å²) in [6.45, 7) is 2.84. The van der Waals surface area contributed by atoms with Crippen LogP contribution in [0.2, 0.25) is 0 Å². The summed E-state index contributed by atoms with van der Waals surface area (Å²) >= 11 is 0. The van der Waals surface area contributed by atoms with Crippen molar-refractivity contribution >= 4 is 5.88 Å². The number of nitro groups is 1. The Kier molecular flexibility index (Phi) is 3.98. The van der Waals surface area contributed by atoms with Gasteiger partial charge in [-0.25, -0.2) is 0 Å². The van der Waals surface area contributed by atoms with Gasteiger partial charge in [0.2, 0.25) is 0 Å². The van der Waals surface area contributed by atoms with Crippen molar-refractivity contribution in [1.29, 1.82) is 0 Å².